The molecule has 12 amide bonds. The van der Waals surface area contributed by atoms with Gasteiger partial charge < -0.3 is 89.9 Å². The Morgan fingerprint density at radius 2 is 1.14 bits per heavy atom. The third kappa shape index (κ3) is 19.5. The Labute approximate surface area is 595 Å². The molecule has 2 aromatic heterocycles. The van der Waals surface area contributed by atoms with Crippen LogP contribution in [-0.2, 0) is 101 Å². The van der Waals surface area contributed by atoms with Gasteiger partial charge in [0.2, 0.25) is 76.5 Å². The fourth-order valence-electron chi connectivity index (χ4n) is 12.5. The Morgan fingerprint density at radius 3 is 1.74 bits per heavy atom. The number of primary amides is 2. The highest BCUT2D eigenvalue weighted by Crippen LogP contribution is 2.27. The predicted molar refractivity (Wildman–Crippen MR) is 373 cm³/mol. The van der Waals surface area contributed by atoms with Crippen molar-refractivity contribution in [2.75, 3.05) is 6.54 Å². The van der Waals surface area contributed by atoms with Gasteiger partial charge in [0.1, 0.15) is 65.9 Å². The van der Waals surface area contributed by atoms with Crippen LogP contribution < -0.4 is 59.7 Å². The molecule has 0 spiro atoms. The van der Waals surface area contributed by atoms with Gasteiger partial charge in [-0.1, -0.05) is 103 Å². The highest BCUT2D eigenvalue weighted by molar-refractivity contribution is 6.02. The average molecular weight is 1430 g/mol. The number of nitrogens with zero attached hydrogens (tertiary/aromatic N) is 3. The number of aromatic nitrogens is 3. The molecule has 0 bridgehead atoms. The summed E-state index contributed by atoms with van der Waals surface area (Å²) < 4.78 is 0. The first-order valence-electron chi connectivity index (χ1n) is 33.4. The maximum Gasteiger partial charge on any atom is 0.350 e. The van der Waals surface area contributed by atoms with Crippen molar-refractivity contribution < 1.29 is 77.6 Å². The van der Waals surface area contributed by atoms with Crippen molar-refractivity contribution in [2.45, 2.75) is 144 Å². The second-order valence-electron chi connectivity index (χ2n) is 25.8. The van der Waals surface area contributed by atoms with Crippen molar-refractivity contribution in [1.29, 1.82) is 0 Å². The topological polar surface area (TPSA) is 508 Å². The molecule has 32 nitrogen and oxygen atoms in total. The number of fused-ring (bicyclic) bond motifs is 2. The normalized spacial score (nSPS) is 22.9. The number of H-pyrrole nitrogens is 2. The number of para-hydroxylation sites is 1. The molecule has 2 fully saturated rings. The van der Waals surface area contributed by atoms with Crippen LogP contribution in [0, 0.1) is 0 Å². The number of aliphatic carboxylic acids is 1. The van der Waals surface area contributed by atoms with Crippen molar-refractivity contribution >= 4 is 87.8 Å². The van der Waals surface area contributed by atoms with E-state index < -0.39 is 175 Å². The van der Waals surface area contributed by atoms with Gasteiger partial charge in [-0.05, 0) is 91.3 Å². The molecule has 0 aliphatic carbocycles. The van der Waals surface area contributed by atoms with Crippen LogP contribution >= 0.6 is 0 Å². The number of carboxylic acids is 1. The number of hydrogen-bond acceptors (Lipinski definition) is 17. The van der Waals surface area contributed by atoms with Crippen LogP contribution in [0.15, 0.2) is 152 Å². The molecule has 7 aromatic rings. The Hall–Kier alpha value is -12.5. The number of aromatic hydroxyl groups is 2. The lowest BCUT2D eigenvalue weighted by Gasteiger charge is -2.43. The van der Waals surface area contributed by atoms with Crippen LogP contribution in [0.2, 0.25) is 0 Å². The number of nitrogens with two attached hydrogens (primary N) is 3. The minimum absolute atomic E-state index is 0.0362. The summed E-state index contributed by atoms with van der Waals surface area (Å²) in [5, 5.41) is 52.7. The van der Waals surface area contributed by atoms with E-state index in [1.165, 1.54) is 72.9 Å². The first-order chi connectivity index (χ1) is 49.6. The summed E-state index contributed by atoms with van der Waals surface area (Å²) in [5.41, 5.74) is 17.9. The van der Waals surface area contributed by atoms with Gasteiger partial charge in [0.05, 0.1) is 25.2 Å². The number of hydrogen-bond donors (Lipinski definition) is 16. The van der Waals surface area contributed by atoms with Crippen molar-refractivity contribution in [3.8, 4) is 11.5 Å². The van der Waals surface area contributed by atoms with E-state index in [9.17, 15) is 53.7 Å². The minimum atomic E-state index is -3.17. The van der Waals surface area contributed by atoms with Crippen molar-refractivity contribution in [2.24, 2.45) is 17.2 Å². The van der Waals surface area contributed by atoms with E-state index in [1.54, 1.807) is 91.1 Å². The van der Waals surface area contributed by atoms with E-state index in [4.69, 9.17) is 17.2 Å². The largest absolute Gasteiger partial charge is 0.508 e. The molecule has 2 aliphatic heterocycles. The SMILES string of the molecule is C[C@@H]1NC(=O)[C@H](CC(N)=O)NC(=O)[C@H](Cc2c[nH]c3ccccc23)NC(=O)[C@@H]2CCCN2C(=O)[C@@H](Cc2ccccc2)NC(=O)[C@H](Cc2cnc[nH]2)NC(=O)[C@@H](NC(=O)[C@@H](N)Cc2ccc(O)cc2)CC(=O)N([C@@H](Cc2ccc(O)cc2)C(N)=O)C(C)(C(=O)O)NC(=O)[C@H](Cc2ccccc2)NC1=O. The van der Waals surface area contributed by atoms with Gasteiger partial charge in [-0.2, -0.15) is 0 Å². The van der Waals surface area contributed by atoms with Gasteiger partial charge in [0.25, 0.3) is 0 Å². The van der Waals surface area contributed by atoms with Crippen LogP contribution in [-0.4, -0.2) is 190 Å². The molecule has 9 rings (SSSR count). The van der Waals surface area contributed by atoms with Gasteiger partial charge in [0.15, 0.2) is 0 Å². The zero-order valence-corrected chi connectivity index (χ0v) is 56.7. The summed E-state index contributed by atoms with van der Waals surface area (Å²) in [6.07, 6.45) is 0.0113. The van der Waals surface area contributed by atoms with E-state index in [0.717, 1.165) is 6.92 Å². The number of phenolic OH excluding ortho intramolecular Hbond substituents is 2. The smallest absolute Gasteiger partial charge is 0.350 e. The number of benzene rings is 5. The summed E-state index contributed by atoms with van der Waals surface area (Å²) in [7, 11) is 0. The molecular formula is C72H82N16O16. The van der Waals surface area contributed by atoms with E-state index in [0.29, 0.717) is 38.1 Å². The van der Waals surface area contributed by atoms with Gasteiger partial charge >= 0.3 is 5.97 Å². The molecule has 0 radical (unpaired) electrons. The number of carbonyl (C=O) groups excluding carboxylic acids is 12. The van der Waals surface area contributed by atoms with E-state index in [1.807, 2.05) is 0 Å². The highest BCUT2D eigenvalue weighted by Gasteiger charge is 2.51. The third-order valence-electron chi connectivity index (χ3n) is 18.1. The molecule has 2 aliphatic rings. The number of carbonyl (C=O) groups is 13. The summed E-state index contributed by atoms with van der Waals surface area (Å²) in [6, 6.07) is 16.5. The highest BCUT2D eigenvalue weighted by atomic mass is 16.4. The first kappa shape index (κ1) is 75.7. The van der Waals surface area contributed by atoms with Gasteiger partial charge in [0, 0.05) is 67.6 Å². The Kier molecular flexibility index (Phi) is 24.9. The Morgan fingerprint density at radius 1 is 0.606 bits per heavy atom. The van der Waals surface area contributed by atoms with Crippen molar-refractivity contribution in [3.05, 3.63) is 186 Å². The maximum absolute atomic E-state index is 15.8. The lowest BCUT2D eigenvalue weighted by atomic mass is 9.97. The number of rotatable bonds is 19. The maximum atomic E-state index is 15.8. The lowest BCUT2D eigenvalue weighted by molar-refractivity contribution is -0.168. The van der Waals surface area contributed by atoms with Crippen LogP contribution in [0.3, 0.4) is 0 Å². The molecule has 4 heterocycles. The molecular weight excluding hydrogens is 1340 g/mol. The number of aromatic amines is 2. The van der Waals surface area contributed by atoms with Gasteiger partial charge in [-0.15, -0.1) is 0 Å². The lowest BCUT2D eigenvalue weighted by Crippen LogP contribution is -2.72. The third-order valence-corrected chi connectivity index (χ3v) is 18.1. The minimum Gasteiger partial charge on any atom is -0.508 e. The Balaban J connectivity index is 1.18. The van der Waals surface area contributed by atoms with Gasteiger partial charge in [-0.3, -0.25) is 62.4 Å². The van der Waals surface area contributed by atoms with E-state index in [2.05, 4.69) is 57.5 Å². The first-order valence-corrected chi connectivity index (χ1v) is 33.4. The molecule has 104 heavy (non-hydrogen) atoms. The van der Waals surface area contributed by atoms with Crippen LogP contribution in [0.4, 0.5) is 0 Å². The second-order valence-corrected chi connectivity index (χ2v) is 25.8. The molecule has 19 N–H and O–H groups in total. The van der Waals surface area contributed by atoms with Crippen LogP contribution in [0.1, 0.15) is 73.0 Å². The van der Waals surface area contributed by atoms with Crippen LogP contribution in [0.25, 0.3) is 10.9 Å². The number of amides is 12. The molecule has 546 valence electrons. The monoisotopic (exact) mass is 1430 g/mol. The molecule has 1 unspecified atom stereocenters. The summed E-state index contributed by atoms with van der Waals surface area (Å²) in [6.45, 7) is 1.92. The number of imidazole rings is 1. The number of phenols is 2. The predicted octanol–water partition coefficient (Wildman–Crippen LogP) is -1.33. The zero-order valence-electron chi connectivity index (χ0n) is 56.7. The summed E-state index contributed by atoms with van der Waals surface area (Å²) in [5.74, 6) is -16.2. The van der Waals surface area contributed by atoms with Crippen LogP contribution in [0.5, 0.6) is 11.5 Å². The molecule has 2 saturated heterocycles. The van der Waals surface area contributed by atoms with Crippen molar-refractivity contribution in [1.82, 2.24) is 67.3 Å². The van der Waals surface area contributed by atoms with Gasteiger partial charge in [-0.25, -0.2) is 9.78 Å². The summed E-state index contributed by atoms with van der Waals surface area (Å²) in [4.78, 5) is 204. The summed E-state index contributed by atoms with van der Waals surface area (Å²) >= 11 is 0. The molecule has 5 aromatic carbocycles. The fourth-order valence-corrected chi connectivity index (χ4v) is 12.5. The standard InChI is InChI=1S/C72H82N16O16/c1-39-62(94)80-51(29-40-12-5-3-6-13-40)68(100)86-72(2,71(103)104)88(58(61(75)93)31-43-21-25-47(90)26-22-43)60(92)35-55(81-63(95)49(73)28-42-19-23-46(89)24-20-42)67(99)82-53(33-45-37-76-38-78-45)66(98)85-56(30-41-14-7-4-8-15-41)70(102)87-27-11-18-57(87)69(101)84-52(32-44-36-77-50-17-10-9-16-48(44)50)65(97)83-54(34-59(74)91)64(96)79-39/h3-10,12-17,19-26,36-39,49,51-58,77,89-90H,11,18,27-35,73H2,1-2H3,(H2,74,91)(H2,75,93)(H,76,78)(H,79,96)(H,80,94)(H,81,95)(H,82,99)(H,83,97)(H,84,101)(H,85,98)(H,86,100)(H,103,104)/t39-,49-,51-,52-,53-,54-,55-,56+,57-,58-,72?/m0/s1. The van der Waals surface area contributed by atoms with Crippen molar-refractivity contribution in [3.63, 3.8) is 0 Å². The quantitative estimate of drug-likeness (QED) is 0.0446. The average Bonchev–Trinajstić information content (AvgIpc) is 0.985. The Bertz CT molecular complexity index is 4290. The number of nitrogens with one attached hydrogen (secondary N) is 10. The van der Waals surface area contributed by atoms with E-state index in [-0.39, 0.29) is 61.4 Å². The molecule has 11 atom stereocenters. The molecule has 0 saturated carbocycles. The second kappa shape index (κ2) is 34.3. The molecule has 32 heteroatoms. The van der Waals surface area contributed by atoms with E-state index >= 15 is 24.0 Å². The fraction of sp³-hybridized carbons (Fsp3) is 0.333. The zero-order chi connectivity index (χ0) is 74.9. The number of carboxylic acid groups (broad SMARTS) is 1.